The van der Waals surface area contributed by atoms with Crippen LogP contribution < -0.4 is 9.64 Å². The first-order chi connectivity index (χ1) is 18.4. The number of para-hydroxylation sites is 1. The van der Waals surface area contributed by atoms with Crippen LogP contribution in [-0.2, 0) is 17.7 Å². The predicted octanol–water partition coefficient (Wildman–Crippen LogP) is 6.11. The van der Waals surface area contributed by atoms with Gasteiger partial charge in [-0.15, -0.1) is 0 Å². The lowest BCUT2D eigenvalue weighted by atomic mass is 9.83. The molecule has 3 saturated heterocycles. The van der Waals surface area contributed by atoms with Crippen LogP contribution in [0.1, 0.15) is 24.0 Å². The molecule has 1 atom stereocenters. The first-order valence-electron chi connectivity index (χ1n) is 13.0. The molecule has 0 aromatic heterocycles. The van der Waals surface area contributed by atoms with E-state index < -0.39 is 23.5 Å². The molecule has 8 heteroatoms. The molecule has 1 unspecified atom stereocenters. The number of nitrogens with zero attached hydrogens (tertiary/aromatic N) is 2. The number of anilines is 1. The molecule has 3 heterocycles. The molecule has 200 valence electrons. The van der Waals surface area contributed by atoms with Gasteiger partial charge in [0, 0.05) is 25.2 Å². The third-order valence-corrected chi connectivity index (χ3v) is 8.02. The molecule has 38 heavy (non-hydrogen) atoms. The van der Waals surface area contributed by atoms with Gasteiger partial charge in [-0.05, 0) is 47.5 Å². The number of amides is 1. The number of quaternary nitrogens is 1. The average molecular weight is 526 g/mol. The molecule has 6 rings (SSSR count). The molecule has 0 saturated carbocycles. The fraction of sp³-hybridized carbons (Fsp3) is 0.367. The van der Waals surface area contributed by atoms with E-state index >= 15 is 0 Å². The number of carbonyl (C=O) groups excluding carboxylic acids is 1. The Balaban J connectivity index is 1.30. The van der Waals surface area contributed by atoms with E-state index in [0.717, 1.165) is 61.3 Å². The second-order valence-electron chi connectivity index (χ2n) is 10.3. The van der Waals surface area contributed by atoms with Crippen molar-refractivity contribution in [1.29, 1.82) is 0 Å². The van der Waals surface area contributed by atoms with Crippen molar-refractivity contribution in [2.45, 2.75) is 31.9 Å². The van der Waals surface area contributed by atoms with Crippen LogP contribution in [0.3, 0.4) is 0 Å². The Bertz CT molecular complexity index is 1280. The minimum absolute atomic E-state index is 0.0342. The molecule has 2 bridgehead atoms. The maximum absolute atomic E-state index is 14.8. The van der Waals surface area contributed by atoms with Crippen LogP contribution >= 0.6 is 0 Å². The van der Waals surface area contributed by atoms with Crippen molar-refractivity contribution in [2.24, 2.45) is 5.92 Å². The SMILES string of the molecule is COc1ccc(CC[N+]23CCC(CC2)C(OC(=O)N(Cc2ccc(F)c(F)c2)c2ccccc2F)C3)cc1. The monoisotopic (exact) mass is 525 g/mol. The molecule has 1 amide bonds. The Labute approximate surface area is 221 Å². The summed E-state index contributed by atoms with van der Waals surface area (Å²) in [6.07, 6.45) is 1.85. The van der Waals surface area contributed by atoms with E-state index in [0.29, 0.717) is 12.1 Å². The molecule has 3 aromatic rings. The summed E-state index contributed by atoms with van der Waals surface area (Å²) in [6, 6.07) is 17.4. The fourth-order valence-corrected chi connectivity index (χ4v) is 5.76. The van der Waals surface area contributed by atoms with Crippen LogP contribution in [0.25, 0.3) is 0 Å². The zero-order valence-electron chi connectivity index (χ0n) is 21.4. The Morgan fingerprint density at radius 3 is 2.32 bits per heavy atom. The first kappa shape index (κ1) is 26.1. The predicted molar refractivity (Wildman–Crippen MR) is 138 cm³/mol. The quantitative estimate of drug-likeness (QED) is 0.333. The number of hydrogen-bond acceptors (Lipinski definition) is 3. The maximum Gasteiger partial charge on any atom is 0.415 e. The number of fused-ring (bicyclic) bond motifs is 3. The number of piperidine rings is 3. The van der Waals surface area contributed by atoms with E-state index in [-0.39, 0.29) is 24.3 Å². The van der Waals surface area contributed by atoms with E-state index in [1.165, 1.54) is 34.7 Å². The normalized spacial score (nSPS) is 22.2. The summed E-state index contributed by atoms with van der Waals surface area (Å²) in [5.74, 6) is -1.52. The van der Waals surface area contributed by atoms with Crippen molar-refractivity contribution in [3.05, 3.63) is 95.3 Å². The van der Waals surface area contributed by atoms with E-state index in [2.05, 4.69) is 12.1 Å². The number of benzene rings is 3. The van der Waals surface area contributed by atoms with Gasteiger partial charge in [-0.25, -0.2) is 18.0 Å². The minimum atomic E-state index is -1.02. The van der Waals surface area contributed by atoms with Gasteiger partial charge in [-0.2, -0.15) is 0 Å². The number of carbonyl (C=O) groups is 1. The highest BCUT2D eigenvalue weighted by atomic mass is 19.2. The molecular formula is C30H32F3N2O3+. The van der Waals surface area contributed by atoms with E-state index in [9.17, 15) is 18.0 Å². The summed E-state index contributed by atoms with van der Waals surface area (Å²) in [6.45, 7) is 3.59. The Hall–Kier alpha value is -3.52. The summed E-state index contributed by atoms with van der Waals surface area (Å²) in [4.78, 5) is 14.7. The number of rotatable bonds is 8. The first-order valence-corrected chi connectivity index (χ1v) is 13.0. The van der Waals surface area contributed by atoms with Gasteiger partial charge in [-0.1, -0.05) is 30.3 Å². The van der Waals surface area contributed by atoms with Gasteiger partial charge >= 0.3 is 6.09 Å². The van der Waals surface area contributed by atoms with E-state index in [1.54, 1.807) is 13.2 Å². The smallest absolute Gasteiger partial charge is 0.415 e. The Morgan fingerprint density at radius 2 is 1.63 bits per heavy atom. The lowest BCUT2D eigenvalue weighted by Crippen LogP contribution is -2.65. The van der Waals surface area contributed by atoms with Crippen LogP contribution in [0, 0.1) is 23.4 Å². The molecule has 0 N–H and O–H groups in total. The van der Waals surface area contributed by atoms with E-state index in [1.807, 2.05) is 12.1 Å². The third kappa shape index (κ3) is 5.65. The fourth-order valence-electron chi connectivity index (χ4n) is 5.76. The van der Waals surface area contributed by atoms with Crippen molar-refractivity contribution >= 4 is 11.8 Å². The topological polar surface area (TPSA) is 38.8 Å². The van der Waals surface area contributed by atoms with Crippen molar-refractivity contribution in [2.75, 3.05) is 38.2 Å². The van der Waals surface area contributed by atoms with Crippen molar-refractivity contribution < 1.29 is 31.9 Å². The zero-order chi connectivity index (χ0) is 26.7. The second-order valence-corrected chi connectivity index (χ2v) is 10.3. The lowest BCUT2D eigenvalue weighted by molar-refractivity contribution is -0.945. The summed E-state index contributed by atoms with van der Waals surface area (Å²) in [5.41, 5.74) is 1.60. The highest BCUT2D eigenvalue weighted by Gasteiger charge is 2.47. The van der Waals surface area contributed by atoms with Gasteiger partial charge in [0.25, 0.3) is 0 Å². The highest BCUT2D eigenvalue weighted by molar-refractivity contribution is 5.87. The van der Waals surface area contributed by atoms with Gasteiger partial charge in [0.1, 0.15) is 18.1 Å². The summed E-state index contributed by atoms with van der Waals surface area (Å²) < 4.78 is 54.3. The minimum Gasteiger partial charge on any atom is -0.497 e. The van der Waals surface area contributed by atoms with Gasteiger partial charge in [0.2, 0.25) is 0 Å². The molecule has 0 aliphatic carbocycles. The van der Waals surface area contributed by atoms with Gasteiger partial charge in [0.15, 0.2) is 17.7 Å². The van der Waals surface area contributed by atoms with Crippen molar-refractivity contribution in [1.82, 2.24) is 0 Å². The molecular weight excluding hydrogens is 493 g/mol. The van der Waals surface area contributed by atoms with Gasteiger partial charge in [0.05, 0.1) is 39.0 Å². The largest absolute Gasteiger partial charge is 0.497 e. The standard InChI is InChI=1S/C30H32F3N2O3/c1-37-24-9-6-21(7-10-24)12-15-35-16-13-23(14-17-35)29(20-35)38-30(36)34(28-5-3-2-4-26(28)32)19-22-8-11-25(31)27(33)18-22/h2-11,18,23,29H,12-17,19-20H2,1H3/q+1. The maximum atomic E-state index is 14.8. The molecule has 5 nitrogen and oxygen atoms in total. The van der Waals surface area contributed by atoms with Gasteiger partial charge < -0.3 is 14.0 Å². The molecule has 3 aromatic carbocycles. The molecule has 0 spiro atoms. The summed E-state index contributed by atoms with van der Waals surface area (Å²) in [7, 11) is 1.65. The molecule has 3 fully saturated rings. The summed E-state index contributed by atoms with van der Waals surface area (Å²) >= 11 is 0. The Morgan fingerprint density at radius 1 is 0.921 bits per heavy atom. The van der Waals surface area contributed by atoms with Gasteiger partial charge in [-0.3, -0.25) is 4.90 Å². The zero-order valence-corrected chi connectivity index (χ0v) is 21.4. The van der Waals surface area contributed by atoms with Crippen molar-refractivity contribution in [3.8, 4) is 5.75 Å². The lowest BCUT2D eigenvalue weighted by Gasteiger charge is -2.52. The number of halogens is 3. The number of ether oxygens (including phenoxy) is 2. The van der Waals surface area contributed by atoms with Crippen LogP contribution in [-0.4, -0.2) is 50.0 Å². The highest BCUT2D eigenvalue weighted by Crippen LogP contribution is 2.36. The Kier molecular flexibility index (Phi) is 7.61. The van der Waals surface area contributed by atoms with Crippen LogP contribution in [0.2, 0.25) is 0 Å². The van der Waals surface area contributed by atoms with E-state index in [4.69, 9.17) is 9.47 Å². The number of methoxy groups -OCH3 is 1. The molecule has 3 aliphatic rings. The average Bonchev–Trinajstić information content (AvgIpc) is 2.94. The summed E-state index contributed by atoms with van der Waals surface area (Å²) in [5, 5.41) is 0. The van der Waals surface area contributed by atoms with Crippen LogP contribution in [0.5, 0.6) is 5.75 Å². The van der Waals surface area contributed by atoms with Crippen molar-refractivity contribution in [3.63, 3.8) is 0 Å². The third-order valence-electron chi connectivity index (χ3n) is 8.02. The molecule has 3 aliphatic heterocycles. The second kappa shape index (κ2) is 11.1. The molecule has 0 radical (unpaired) electrons. The van der Waals surface area contributed by atoms with Crippen LogP contribution in [0.15, 0.2) is 66.7 Å². The van der Waals surface area contributed by atoms with Crippen LogP contribution in [0.4, 0.5) is 23.7 Å². The number of hydrogen-bond donors (Lipinski definition) is 0.